The number of carbonyl (C=O) groups excluding carboxylic acids is 1. The fraction of sp³-hybridized carbons (Fsp3) is 0.533. The van der Waals surface area contributed by atoms with E-state index in [1.165, 1.54) is 0 Å². The van der Waals surface area contributed by atoms with Crippen molar-refractivity contribution in [3.63, 3.8) is 0 Å². The number of methoxy groups -OCH3 is 1. The van der Waals surface area contributed by atoms with E-state index in [1.807, 2.05) is 23.1 Å². The van der Waals surface area contributed by atoms with E-state index in [1.54, 1.807) is 7.11 Å². The van der Waals surface area contributed by atoms with Crippen LogP contribution in [0.15, 0.2) is 22.7 Å². The molecule has 0 aromatic heterocycles. The van der Waals surface area contributed by atoms with Crippen LogP contribution in [-0.4, -0.2) is 30.1 Å². The first-order valence-electron chi connectivity index (χ1n) is 6.99. The van der Waals surface area contributed by atoms with Gasteiger partial charge in [0, 0.05) is 22.6 Å². The van der Waals surface area contributed by atoms with Gasteiger partial charge in [0.25, 0.3) is 0 Å². The van der Waals surface area contributed by atoms with E-state index in [0.29, 0.717) is 12.1 Å². The summed E-state index contributed by atoms with van der Waals surface area (Å²) in [5.74, 6) is 0.727. The van der Waals surface area contributed by atoms with Crippen LogP contribution < -0.4 is 10.1 Å². The summed E-state index contributed by atoms with van der Waals surface area (Å²) in [7, 11) is 1.62. The monoisotopic (exact) mass is 340 g/mol. The molecule has 2 rings (SSSR count). The zero-order valence-corrected chi connectivity index (χ0v) is 13.7. The maximum atomic E-state index is 12.5. The van der Waals surface area contributed by atoms with Gasteiger partial charge in [-0.25, -0.2) is 4.79 Å². The Morgan fingerprint density at radius 1 is 1.50 bits per heavy atom. The Labute approximate surface area is 128 Å². The minimum atomic E-state index is -0.0317. The molecule has 2 atom stereocenters. The van der Waals surface area contributed by atoms with Gasteiger partial charge < -0.3 is 15.0 Å². The molecule has 2 unspecified atom stereocenters. The predicted molar refractivity (Wildman–Crippen MR) is 84.3 cm³/mol. The van der Waals surface area contributed by atoms with Crippen molar-refractivity contribution >= 4 is 27.6 Å². The average molecular weight is 341 g/mol. The molecule has 110 valence electrons. The van der Waals surface area contributed by atoms with Crippen molar-refractivity contribution in [3.8, 4) is 5.75 Å². The van der Waals surface area contributed by atoms with Gasteiger partial charge in [0.1, 0.15) is 5.75 Å². The molecule has 1 saturated heterocycles. The molecule has 1 aliphatic rings. The van der Waals surface area contributed by atoms with Gasteiger partial charge in [-0.05, 0) is 54.2 Å². The number of nitrogens with zero attached hydrogens (tertiary/aromatic N) is 1. The van der Waals surface area contributed by atoms with Gasteiger partial charge in [-0.15, -0.1) is 0 Å². The minimum Gasteiger partial charge on any atom is -0.497 e. The highest BCUT2D eigenvalue weighted by Gasteiger charge is 2.33. The largest absolute Gasteiger partial charge is 0.497 e. The van der Waals surface area contributed by atoms with Crippen LogP contribution in [0.2, 0.25) is 0 Å². The number of hydrogen-bond donors (Lipinski definition) is 1. The average Bonchev–Trinajstić information content (AvgIpc) is 2.82. The van der Waals surface area contributed by atoms with Crippen LogP contribution in [0.25, 0.3) is 0 Å². The summed E-state index contributed by atoms with van der Waals surface area (Å²) in [6, 6.07) is 6.16. The fourth-order valence-corrected chi connectivity index (χ4v) is 3.09. The van der Waals surface area contributed by atoms with Crippen LogP contribution in [0, 0.1) is 0 Å². The molecule has 1 fully saturated rings. The second kappa shape index (κ2) is 6.48. The molecule has 4 nitrogen and oxygen atoms in total. The first-order valence-corrected chi connectivity index (χ1v) is 7.79. The molecule has 0 bridgehead atoms. The number of ether oxygens (including phenoxy) is 1. The van der Waals surface area contributed by atoms with Crippen LogP contribution in [0.3, 0.4) is 0 Å². The molecule has 1 aromatic rings. The number of urea groups is 1. The van der Waals surface area contributed by atoms with Gasteiger partial charge in [0.15, 0.2) is 0 Å². The van der Waals surface area contributed by atoms with Crippen molar-refractivity contribution in [1.29, 1.82) is 0 Å². The first kappa shape index (κ1) is 15.2. The van der Waals surface area contributed by atoms with Crippen molar-refractivity contribution < 1.29 is 9.53 Å². The molecule has 5 heteroatoms. The van der Waals surface area contributed by atoms with Gasteiger partial charge in [-0.2, -0.15) is 0 Å². The van der Waals surface area contributed by atoms with Gasteiger partial charge in [-0.3, -0.25) is 0 Å². The highest BCUT2D eigenvalue weighted by Crippen LogP contribution is 2.30. The van der Waals surface area contributed by atoms with E-state index in [0.717, 1.165) is 35.2 Å². The summed E-state index contributed by atoms with van der Waals surface area (Å²) in [4.78, 5) is 14.5. The summed E-state index contributed by atoms with van der Waals surface area (Å²) < 4.78 is 6.05. The maximum absolute atomic E-state index is 12.5. The SMILES string of the molecule is CCC1CCC(C)N1C(=O)Nc1cc(OC)ccc1Br. The maximum Gasteiger partial charge on any atom is 0.322 e. The number of rotatable bonds is 3. The molecule has 0 spiro atoms. The van der Waals surface area contributed by atoms with Gasteiger partial charge in [0.05, 0.1) is 12.8 Å². The van der Waals surface area contributed by atoms with E-state index in [9.17, 15) is 4.79 Å². The van der Waals surface area contributed by atoms with Crippen molar-refractivity contribution in [2.45, 2.75) is 45.2 Å². The minimum absolute atomic E-state index is 0.0317. The summed E-state index contributed by atoms with van der Waals surface area (Å²) >= 11 is 3.46. The Morgan fingerprint density at radius 2 is 2.25 bits per heavy atom. The lowest BCUT2D eigenvalue weighted by molar-refractivity contribution is 0.188. The Kier molecular flexibility index (Phi) is 4.91. The Balaban J connectivity index is 2.15. The molecule has 0 radical (unpaired) electrons. The third-order valence-electron chi connectivity index (χ3n) is 3.91. The van der Waals surface area contributed by atoms with E-state index >= 15 is 0 Å². The van der Waals surface area contributed by atoms with Crippen molar-refractivity contribution in [3.05, 3.63) is 22.7 Å². The molecule has 20 heavy (non-hydrogen) atoms. The Hall–Kier alpha value is -1.23. The molecule has 0 aliphatic carbocycles. The van der Waals surface area contributed by atoms with Crippen LogP contribution in [0.1, 0.15) is 33.1 Å². The summed E-state index contributed by atoms with van der Waals surface area (Å²) in [6.07, 6.45) is 3.16. The second-order valence-corrected chi connectivity index (χ2v) is 6.03. The number of amides is 2. The van der Waals surface area contributed by atoms with Crippen molar-refractivity contribution in [1.82, 2.24) is 4.90 Å². The molecular weight excluding hydrogens is 320 g/mol. The number of anilines is 1. The Morgan fingerprint density at radius 3 is 2.90 bits per heavy atom. The van der Waals surface area contributed by atoms with E-state index in [-0.39, 0.29) is 6.03 Å². The quantitative estimate of drug-likeness (QED) is 0.893. The number of nitrogens with one attached hydrogen (secondary N) is 1. The molecule has 1 aliphatic heterocycles. The van der Waals surface area contributed by atoms with Crippen LogP contribution in [-0.2, 0) is 0 Å². The number of halogens is 1. The zero-order chi connectivity index (χ0) is 14.7. The molecule has 1 heterocycles. The molecule has 1 aromatic carbocycles. The second-order valence-electron chi connectivity index (χ2n) is 5.17. The lowest BCUT2D eigenvalue weighted by Crippen LogP contribution is -2.42. The van der Waals surface area contributed by atoms with E-state index < -0.39 is 0 Å². The van der Waals surface area contributed by atoms with Crippen LogP contribution in [0.5, 0.6) is 5.75 Å². The molecule has 0 saturated carbocycles. The number of carbonyl (C=O) groups is 1. The standard InChI is InChI=1S/C15H21BrN2O2/c1-4-11-6-5-10(2)18(11)15(19)17-14-9-12(20-3)7-8-13(14)16/h7-11H,4-6H2,1-3H3,(H,17,19). The number of likely N-dealkylation sites (tertiary alicyclic amines) is 1. The Bertz CT molecular complexity index is 493. The predicted octanol–water partition coefficient (Wildman–Crippen LogP) is 4.25. The lowest BCUT2D eigenvalue weighted by atomic mass is 10.2. The molecule has 2 amide bonds. The van der Waals surface area contributed by atoms with Crippen molar-refractivity contribution in [2.75, 3.05) is 12.4 Å². The lowest BCUT2D eigenvalue weighted by Gasteiger charge is -2.28. The third-order valence-corrected chi connectivity index (χ3v) is 4.60. The highest BCUT2D eigenvalue weighted by molar-refractivity contribution is 9.10. The van der Waals surface area contributed by atoms with E-state index in [2.05, 4.69) is 35.1 Å². The van der Waals surface area contributed by atoms with Crippen LogP contribution >= 0.6 is 15.9 Å². The summed E-state index contributed by atoms with van der Waals surface area (Å²) in [5, 5.41) is 2.98. The zero-order valence-electron chi connectivity index (χ0n) is 12.1. The smallest absolute Gasteiger partial charge is 0.322 e. The van der Waals surface area contributed by atoms with Gasteiger partial charge >= 0.3 is 6.03 Å². The topological polar surface area (TPSA) is 41.6 Å². The van der Waals surface area contributed by atoms with Crippen LogP contribution in [0.4, 0.5) is 10.5 Å². The van der Waals surface area contributed by atoms with Gasteiger partial charge in [-0.1, -0.05) is 6.92 Å². The molecule has 1 N–H and O–H groups in total. The van der Waals surface area contributed by atoms with Crippen molar-refractivity contribution in [2.24, 2.45) is 0 Å². The normalized spacial score (nSPS) is 21.9. The molecular formula is C15H21BrN2O2. The number of hydrogen-bond acceptors (Lipinski definition) is 2. The third kappa shape index (κ3) is 3.08. The van der Waals surface area contributed by atoms with Gasteiger partial charge in [0.2, 0.25) is 0 Å². The summed E-state index contributed by atoms with van der Waals surface area (Å²) in [6.45, 7) is 4.24. The van der Waals surface area contributed by atoms with E-state index in [4.69, 9.17) is 4.74 Å². The fourth-order valence-electron chi connectivity index (χ4n) is 2.75. The summed E-state index contributed by atoms with van der Waals surface area (Å²) in [5.41, 5.74) is 0.739. The number of benzene rings is 1. The first-order chi connectivity index (χ1) is 9.56. The highest BCUT2D eigenvalue weighted by atomic mass is 79.9.